The SMILES string of the molecule is CCOC(=O)c1ccnc(-c2ccn(C)n2)c1. The standard InChI is InChI=1S/C12H13N3O2/c1-3-17-12(16)9-4-6-13-11(8-9)10-5-7-15(2)14-10/h4-8H,3H2,1-2H3. The van der Waals surface area contributed by atoms with Gasteiger partial charge in [0, 0.05) is 19.4 Å². The topological polar surface area (TPSA) is 57.0 Å². The van der Waals surface area contributed by atoms with Crippen molar-refractivity contribution in [2.75, 3.05) is 6.61 Å². The quantitative estimate of drug-likeness (QED) is 0.754. The van der Waals surface area contributed by atoms with E-state index in [1.54, 1.807) is 29.9 Å². The van der Waals surface area contributed by atoms with Crippen LogP contribution in [0.15, 0.2) is 30.6 Å². The molecule has 0 unspecified atom stereocenters. The number of ether oxygens (including phenoxy) is 1. The molecule has 0 saturated heterocycles. The molecule has 2 aromatic heterocycles. The molecule has 2 rings (SSSR count). The summed E-state index contributed by atoms with van der Waals surface area (Å²) in [5.41, 5.74) is 1.89. The van der Waals surface area contributed by atoms with Gasteiger partial charge in [-0.1, -0.05) is 0 Å². The predicted molar refractivity (Wildman–Crippen MR) is 62.4 cm³/mol. The first kappa shape index (κ1) is 11.3. The van der Waals surface area contributed by atoms with Gasteiger partial charge in [-0.2, -0.15) is 5.10 Å². The Balaban J connectivity index is 2.31. The molecule has 0 atom stereocenters. The molecule has 88 valence electrons. The van der Waals surface area contributed by atoms with E-state index in [0.717, 1.165) is 5.69 Å². The van der Waals surface area contributed by atoms with Gasteiger partial charge in [0.25, 0.3) is 0 Å². The van der Waals surface area contributed by atoms with Gasteiger partial charge in [0.1, 0.15) is 5.69 Å². The van der Waals surface area contributed by atoms with Crippen LogP contribution in [0.1, 0.15) is 17.3 Å². The molecule has 0 N–H and O–H groups in total. The Kier molecular flexibility index (Phi) is 3.18. The van der Waals surface area contributed by atoms with E-state index in [0.29, 0.717) is 17.9 Å². The lowest BCUT2D eigenvalue weighted by Gasteiger charge is -2.02. The highest BCUT2D eigenvalue weighted by Gasteiger charge is 2.09. The number of aryl methyl sites for hydroxylation is 1. The van der Waals surface area contributed by atoms with E-state index in [4.69, 9.17) is 4.74 Å². The molecular weight excluding hydrogens is 218 g/mol. The Hall–Kier alpha value is -2.17. The first-order valence-corrected chi connectivity index (χ1v) is 5.34. The minimum Gasteiger partial charge on any atom is -0.462 e. The third-order valence-corrected chi connectivity index (χ3v) is 2.25. The van der Waals surface area contributed by atoms with Crippen LogP contribution in [0.25, 0.3) is 11.4 Å². The van der Waals surface area contributed by atoms with Gasteiger partial charge in [-0.25, -0.2) is 4.79 Å². The van der Waals surface area contributed by atoms with Crippen LogP contribution >= 0.6 is 0 Å². The first-order valence-electron chi connectivity index (χ1n) is 5.34. The van der Waals surface area contributed by atoms with Crippen LogP contribution in [0.5, 0.6) is 0 Å². The molecular formula is C12H13N3O2. The highest BCUT2D eigenvalue weighted by atomic mass is 16.5. The second-order valence-electron chi connectivity index (χ2n) is 3.52. The van der Waals surface area contributed by atoms with Crippen molar-refractivity contribution in [2.45, 2.75) is 6.92 Å². The van der Waals surface area contributed by atoms with Gasteiger partial charge < -0.3 is 4.74 Å². The molecule has 0 saturated carbocycles. The number of carbonyl (C=O) groups is 1. The van der Waals surface area contributed by atoms with Gasteiger partial charge in [-0.3, -0.25) is 9.67 Å². The maximum absolute atomic E-state index is 11.6. The fraction of sp³-hybridized carbons (Fsp3) is 0.250. The molecule has 17 heavy (non-hydrogen) atoms. The molecule has 2 aromatic rings. The fourth-order valence-electron chi connectivity index (χ4n) is 1.46. The highest BCUT2D eigenvalue weighted by Crippen LogP contribution is 2.15. The summed E-state index contributed by atoms with van der Waals surface area (Å²) in [6.45, 7) is 2.14. The van der Waals surface area contributed by atoms with Crippen LogP contribution in [0, 0.1) is 0 Å². The van der Waals surface area contributed by atoms with E-state index < -0.39 is 0 Å². The van der Waals surface area contributed by atoms with Gasteiger partial charge in [0.2, 0.25) is 0 Å². The molecule has 5 heteroatoms. The zero-order chi connectivity index (χ0) is 12.3. The number of rotatable bonds is 3. The molecule has 0 aliphatic rings. The molecule has 2 heterocycles. The monoisotopic (exact) mass is 231 g/mol. The van der Waals surface area contributed by atoms with Gasteiger partial charge in [-0.05, 0) is 25.1 Å². The van der Waals surface area contributed by atoms with Gasteiger partial charge in [-0.15, -0.1) is 0 Å². The molecule has 0 aliphatic heterocycles. The maximum Gasteiger partial charge on any atom is 0.338 e. The van der Waals surface area contributed by atoms with Crippen LogP contribution in [0.4, 0.5) is 0 Å². The van der Waals surface area contributed by atoms with E-state index in [9.17, 15) is 4.79 Å². The van der Waals surface area contributed by atoms with Gasteiger partial charge >= 0.3 is 5.97 Å². The predicted octanol–water partition coefficient (Wildman–Crippen LogP) is 1.66. The van der Waals surface area contributed by atoms with Crippen molar-refractivity contribution in [1.29, 1.82) is 0 Å². The lowest BCUT2D eigenvalue weighted by atomic mass is 10.2. The van der Waals surface area contributed by atoms with E-state index in [2.05, 4.69) is 10.1 Å². The number of hydrogen-bond acceptors (Lipinski definition) is 4. The Morgan fingerprint density at radius 2 is 2.24 bits per heavy atom. The summed E-state index contributed by atoms with van der Waals surface area (Å²) in [6.07, 6.45) is 3.41. The van der Waals surface area contributed by atoms with Crippen LogP contribution in [0.3, 0.4) is 0 Å². The van der Waals surface area contributed by atoms with Crippen molar-refractivity contribution in [2.24, 2.45) is 7.05 Å². The summed E-state index contributed by atoms with van der Waals surface area (Å²) < 4.78 is 6.62. The zero-order valence-electron chi connectivity index (χ0n) is 9.75. The van der Waals surface area contributed by atoms with Crippen molar-refractivity contribution in [3.8, 4) is 11.4 Å². The summed E-state index contributed by atoms with van der Waals surface area (Å²) in [5.74, 6) is -0.341. The van der Waals surface area contributed by atoms with Crippen LogP contribution < -0.4 is 0 Å². The minimum absolute atomic E-state index is 0.341. The molecule has 0 aromatic carbocycles. The molecule has 0 aliphatic carbocycles. The van der Waals surface area contributed by atoms with Crippen LogP contribution in [-0.4, -0.2) is 27.3 Å². The van der Waals surface area contributed by atoms with E-state index in [1.165, 1.54) is 0 Å². The van der Waals surface area contributed by atoms with E-state index >= 15 is 0 Å². The number of carbonyl (C=O) groups excluding carboxylic acids is 1. The number of nitrogens with zero attached hydrogens (tertiary/aromatic N) is 3. The van der Waals surface area contributed by atoms with E-state index in [-0.39, 0.29) is 5.97 Å². The van der Waals surface area contributed by atoms with Crippen molar-refractivity contribution < 1.29 is 9.53 Å². The smallest absolute Gasteiger partial charge is 0.338 e. The van der Waals surface area contributed by atoms with Crippen molar-refractivity contribution in [3.63, 3.8) is 0 Å². The highest BCUT2D eigenvalue weighted by molar-refractivity contribution is 5.90. The Morgan fingerprint density at radius 3 is 2.88 bits per heavy atom. The maximum atomic E-state index is 11.6. The van der Waals surface area contributed by atoms with Crippen LogP contribution in [-0.2, 0) is 11.8 Å². The van der Waals surface area contributed by atoms with Crippen molar-refractivity contribution in [1.82, 2.24) is 14.8 Å². The van der Waals surface area contributed by atoms with Crippen molar-refractivity contribution >= 4 is 5.97 Å². The summed E-state index contributed by atoms with van der Waals surface area (Å²) in [6, 6.07) is 5.15. The van der Waals surface area contributed by atoms with E-state index in [1.807, 2.05) is 19.3 Å². The Labute approximate surface area is 99.1 Å². The second kappa shape index (κ2) is 4.78. The minimum atomic E-state index is -0.341. The lowest BCUT2D eigenvalue weighted by Crippen LogP contribution is -2.05. The summed E-state index contributed by atoms with van der Waals surface area (Å²) in [4.78, 5) is 15.7. The second-order valence-corrected chi connectivity index (χ2v) is 3.52. The van der Waals surface area contributed by atoms with Crippen molar-refractivity contribution in [3.05, 3.63) is 36.2 Å². The van der Waals surface area contributed by atoms with Crippen LogP contribution in [0.2, 0.25) is 0 Å². The number of pyridine rings is 1. The average molecular weight is 231 g/mol. The first-order chi connectivity index (χ1) is 8.20. The summed E-state index contributed by atoms with van der Waals surface area (Å²) in [7, 11) is 1.83. The molecule has 0 fully saturated rings. The molecule has 0 spiro atoms. The molecule has 0 radical (unpaired) electrons. The van der Waals surface area contributed by atoms with Gasteiger partial charge in [0.15, 0.2) is 0 Å². The Bertz CT molecular complexity index is 534. The normalized spacial score (nSPS) is 10.2. The molecule has 0 amide bonds. The summed E-state index contributed by atoms with van der Waals surface area (Å²) >= 11 is 0. The third kappa shape index (κ3) is 2.50. The lowest BCUT2D eigenvalue weighted by molar-refractivity contribution is 0.0526. The third-order valence-electron chi connectivity index (χ3n) is 2.25. The fourth-order valence-corrected chi connectivity index (χ4v) is 1.46. The zero-order valence-corrected chi connectivity index (χ0v) is 9.75. The molecule has 5 nitrogen and oxygen atoms in total. The largest absolute Gasteiger partial charge is 0.462 e. The Morgan fingerprint density at radius 1 is 1.41 bits per heavy atom. The van der Waals surface area contributed by atoms with Gasteiger partial charge in [0.05, 0.1) is 17.9 Å². The number of esters is 1. The molecule has 0 bridgehead atoms. The summed E-state index contributed by atoms with van der Waals surface area (Å²) in [5, 5.41) is 4.23. The number of aromatic nitrogens is 3. The average Bonchev–Trinajstić information content (AvgIpc) is 2.76. The number of hydrogen-bond donors (Lipinski definition) is 0.